The largest absolute Gasteiger partial charge is 0.430 e. The van der Waals surface area contributed by atoms with E-state index >= 15 is 0 Å². The number of rotatable bonds is 6. The quantitative estimate of drug-likeness (QED) is 0.356. The molecule has 1 saturated carbocycles. The number of alkyl halides is 2. The van der Waals surface area contributed by atoms with Crippen LogP contribution in [0.2, 0.25) is 0 Å². The van der Waals surface area contributed by atoms with Crippen molar-refractivity contribution >= 4 is 26.9 Å². The number of carbonyl (C=O) groups excluding carboxylic acids is 1. The van der Waals surface area contributed by atoms with E-state index in [4.69, 9.17) is 4.55 Å². The molecule has 0 radical (unpaired) electrons. The van der Waals surface area contributed by atoms with Crippen molar-refractivity contribution in [2.45, 2.75) is 55.7 Å². The number of halogens is 2. The van der Waals surface area contributed by atoms with Crippen molar-refractivity contribution in [2.24, 2.45) is 0 Å². The van der Waals surface area contributed by atoms with Gasteiger partial charge in [-0.15, -0.1) is 0 Å². The smallest absolute Gasteiger partial charge is 0.428 e. The Balaban J connectivity index is 1.81. The van der Waals surface area contributed by atoms with Crippen LogP contribution >= 0.6 is 0 Å². The summed E-state index contributed by atoms with van der Waals surface area (Å²) in [5.41, 5.74) is 0.571. The molecule has 164 valence electrons. The number of ether oxygens (including phenoxy) is 1. The monoisotopic (exact) mass is 444 g/mol. The number of hydrogen-bond donors (Lipinski definition) is 3. The second kappa shape index (κ2) is 7.84. The number of benzene rings is 2. The average Bonchev–Trinajstić information content (AvgIpc) is 2.99. The van der Waals surface area contributed by atoms with Gasteiger partial charge in [0.1, 0.15) is 0 Å². The topological polar surface area (TPSA) is 121 Å². The fourth-order valence-corrected chi connectivity index (χ4v) is 4.24. The molecule has 1 aliphatic rings. The van der Waals surface area contributed by atoms with E-state index in [1.54, 1.807) is 31.2 Å². The Morgan fingerprint density at radius 2 is 2.03 bits per heavy atom. The third-order valence-corrected chi connectivity index (χ3v) is 6.42. The highest BCUT2D eigenvalue weighted by molar-refractivity contribution is 7.86. The fraction of sp³-hybridized carbons (Fsp3) is 0.450. The van der Waals surface area contributed by atoms with Crippen LogP contribution in [0.1, 0.15) is 43.2 Å². The van der Waals surface area contributed by atoms with E-state index in [-0.39, 0.29) is 5.92 Å². The summed E-state index contributed by atoms with van der Waals surface area (Å²) in [5, 5.41) is 16.1. The Hall–Kier alpha value is -2.14. The third kappa shape index (κ3) is 4.31. The Kier molecular flexibility index (Phi) is 5.89. The van der Waals surface area contributed by atoms with Crippen LogP contribution in [0.15, 0.2) is 36.4 Å². The standard InChI is InChI=1S/C20H22F2O7S/c1-19(25)9-3-6-16(19)14-7-8-15-12(10-14)4-2-5-13(15)11-17(23)29-18(24)20(21,22)30(26,27)28/h2,4-5,7-8,10,16,18,24-25H,3,6,9,11H2,1H3,(H,26,27,28). The Bertz CT molecular complexity index is 1070. The van der Waals surface area contributed by atoms with E-state index in [2.05, 4.69) is 4.74 Å². The van der Waals surface area contributed by atoms with Crippen molar-refractivity contribution < 1.29 is 41.5 Å². The van der Waals surface area contributed by atoms with Crippen molar-refractivity contribution in [2.75, 3.05) is 0 Å². The molecule has 0 spiro atoms. The highest BCUT2D eigenvalue weighted by atomic mass is 32.2. The molecule has 10 heteroatoms. The molecule has 3 rings (SSSR count). The normalized spacial score (nSPS) is 23.5. The second-order valence-corrected chi connectivity index (χ2v) is 9.25. The zero-order valence-electron chi connectivity index (χ0n) is 16.1. The molecule has 3 unspecified atom stereocenters. The van der Waals surface area contributed by atoms with E-state index in [0.29, 0.717) is 17.4 Å². The summed E-state index contributed by atoms with van der Waals surface area (Å²) in [6, 6.07) is 10.5. The van der Waals surface area contributed by atoms with Crippen molar-refractivity contribution in [1.29, 1.82) is 0 Å². The first-order valence-corrected chi connectivity index (χ1v) is 10.7. The molecule has 2 aromatic rings. The van der Waals surface area contributed by atoms with Gasteiger partial charge in [0.05, 0.1) is 12.0 Å². The number of hydrogen-bond acceptors (Lipinski definition) is 6. The van der Waals surface area contributed by atoms with Crippen LogP contribution in [0.25, 0.3) is 10.8 Å². The minimum Gasteiger partial charge on any atom is -0.428 e. The first-order valence-electron chi connectivity index (χ1n) is 9.29. The van der Waals surface area contributed by atoms with Gasteiger partial charge in [-0.2, -0.15) is 17.2 Å². The summed E-state index contributed by atoms with van der Waals surface area (Å²) in [5.74, 6) is -1.31. The fourth-order valence-electron chi connectivity index (χ4n) is 3.93. The van der Waals surface area contributed by atoms with Gasteiger partial charge in [-0.3, -0.25) is 9.35 Å². The number of carbonyl (C=O) groups is 1. The van der Waals surface area contributed by atoms with Gasteiger partial charge in [-0.05, 0) is 48.1 Å². The van der Waals surface area contributed by atoms with E-state index in [1.165, 1.54) is 0 Å². The number of aliphatic hydroxyl groups is 2. The van der Waals surface area contributed by atoms with Crippen LogP contribution in [0, 0.1) is 0 Å². The lowest BCUT2D eigenvalue weighted by Crippen LogP contribution is -2.43. The second-order valence-electron chi connectivity index (χ2n) is 7.76. The first-order chi connectivity index (χ1) is 13.8. The molecule has 1 aliphatic carbocycles. The summed E-state index contributed by atoms with van der Waals surface area (Å²) in [6.07, 6.45) is -1.37. The van der Waals surface area contributed by atoms with Crippen LogP contribution in [-0.4, -0.2) is 46.3 Å². The highest BCUT2D eigenvalue weighted by Gasteiger charge is 2.54. The lowest BCUT2D eigenvalue weighted by molar-refractivity contribution is -0.204. The van der Waals surface area contributed by atoms with Gasteiger partial charge in [0.2, 0.25) is 0 Å². The van der Waals surface area contributed by atoms with Gasteiger partial charge < -0.3 is 14.9 Å². The Morgan fingerprint density at radius 3 is 2.63 bits per heavy atom. The van der Waals surface area contributed by atoms with E-state index in [0.717, 1.165) is 23.8 Å². The lowest BCUT2D eigenvalue weighted by Gasteiger charge is -2.26. The van der Waals surface area contributed by atoms with Crippen LogP contribution in [-0.2, 0) is 26.1 Å². The zero-order valence-corrected chi connectivity index (χ0v) is 16.9. The maximum Gasteiger partial charge on any atom is 0.430 e. The summed E-state index contributed by atoms with van der Waals surface area (Å²) in [7, 11) is -5.96. The molecule has 7 nitrogen and oxygen atoms in total. The summed E-state index contributed by atoms with van der Waals surface area (Å²) < 4.78 is 60.5. The van der Waals surface area contributed by atoms with Crippen molar-refractivity contribution in [3.8, 4) is 0 Å². The summed E-state index contributed by atoms with van der Waals surface area (Å²) in [4.78, 5) is 12.0. The van der Waals surface area contributed by atoms with Gasteiger partial charge >= 0.3 is 21.3 Å². The molecule has 0 bridgehead atoms. The first kappa shape index (κ1) is 22.5. The molecule has 0 aromatic heterocycles. The number of esters is 1. The molecular weight excluding hydrogens is 422 g/mol. The number of fused-ring (bicyclic) bond motifs is 1. The maximum absolute atomic E-state index is 13.3. The van der Waals surface area contributed by atoms with Gasteiger partial charge in [-0.25, -0.2) is 0 Å². The molecular formula is C20H22F2O7S. The third-order valence-electron chi connectivity index (χ3n) is 5.53. The Morgan fingerprint density at radius 1 is 1.33 bits per heavy atom. The zero-order chi connectivity index (χ0) is 22.3. The van der Waals surface area contributed by atoms with Crippen LogP contribution in [0.5, 0.6) is 0 Å². The predicted molar refractivity (Wildman–Crippen MR) is 103 cm³/mol. The maximum atomic E-state index is 13.3. The Labute approximate surface area is 172 Å². The molecule has 0 aliphatic heterocycles. The summed E-state index contributed by atoms with van der Waals surface area (Å²) in [6.45, 7) is 1.80. The molecule has 0 saturated heterocycles. The molecule has 30 heavy (non-hydrogen) atoms. The molecule has 3 atom stereocenters. The van der Waals surface area contributed by atoms with Crippen LogP contribution in [0.3, 0.4) is 0 Å². The van der Waals surface area contributed by atoms with Crippen LogP contribution in [0.4, 0.5) is 8.78 Å². The minimum absolute atomic E-state index is 0.0201. The van der Waals surface area contributed by atoms with Gasteiger partial charge in [0.25, 0.3) is 6.29 Å². The molecule has 0 heterocycles. The van der Waals surface area contributed by atoms with Crippen molar-refractivity contribution in [1.82, 2.24) is 0 Å². The van der Waals surface area contributed by atoms with Gasteiger partial charge in [0.15, 0.2) is 0 Å². The number of aliphatic hydroxyl groups excluding tert-OH is 1. The van der Waals surface area contributed by atoms with Gasteiger partial charge in [0, 0.05) is 5.92 Å². The van der Waals surface area contributed by atoms with Crippen molar-refractivity contribution in [3.63, 3.8) is 0 Å². The van der Waals surface area contributed by atoms with Gasteiger partial charge in [-0.1, -0.05) is 36.4 Å². The van der Waals surface area contributed by atoms with E-state index in [1.807, 2.05) is 12.1 Å². The van der Waals surface area contributed by atoms with E-state index in [9.17, 15) is 32.2 Å². The molecule has 3 N–H and O–H groups in total. The van der Waals surface area contributed by atoms with Crippen molar-refractivity contribution in [3.05, 3.63) is 47.5 Å². The SMILES string of the molecule is CC1(O)CCCC1c1ccc2c(CC(=O)OC(O)C(F)(F)S(=O)(=O)O)cccc2c1. The van der Waals surface area contributed by atoms with Crippen LogP contribution < -0.4 is 0 Å². The average molecular weight is 444 g/mol. The lowest BCUT2D eigenvalue weighted by atomic mass is 9.85. The highest BCUT2D eigenvalue weighted by Crippen LogP contribution is 2.43. The molecule has 2 aromatic carbocycles. The van der Waals surface area contributed by atoms with E-state index < -0.39 is 39.7 Å². The summed E-state index contributed by atoms with van der Waals surface area (Å²) >= 11 is 0. The molecule has 1 fully saturated rings. The predicted octanol–water partition coefficient (Wildman–Crippen LogP) is 2.74. The molecule has 0 amide bonds. The minimum atomic E-state index is -5.96.